The summed E-state index contributed by atoms with van der Waals surface area (Å²) in [6.45, 7) is 0. The number of rotatable bonds is 6. The highest BCUT2D eigenvalue weighted by atomic mass is 32.2. The Kier molecular flexibility index (Phi) is 4.09. The summed E-state index contributed by atoms with van der Waals surface area (Å²) >= 11 is 0. The molecule has 6 heteroatoms. The van der Waals surface area contributed by atoms with Crippen molar-refractivity contribution in [3.05, 3.63) is 0 Å². The molecule has 1 aliphatic carbocycles. The molecule has 0 aromatic carbocycles. The maximum atomic E-state index is 11.4. The SMILES string of the molecule is CS(=O)(=O)CCS(=O)CC(N)C1CC1. The second kappa shape index (κ2) is 4.72. The van der Waals surface area contributed by atoms with Crippen molar-refractivity contribution in [1.82, 2.24) is 0 Å². The third-order valence-electron chi connectivity index (χ3n) is 2.29. The highest BCUT2D eigenvalue weighted by molar-refractivity contribution is 7.92. The summed E-state index contributed by atoms with van der Waals surface area (Å²) in [6, 6.07) is -0.00427. The van der Waals surface area contributed by atoms with Crippen LogP contribution in [0, 0.1) is 5.92 Å². The largest absolute Gasteiger partial charge is 0.327 e. The van der Waals surface area contributed by atoms with Crippen molar-refractivity contribution in [2.24, 2.45) is 11.7 Å². The second-order valence-electron chi connectivity index (χ2n) is 3.94. The molecule has 0 radical (unpaired) electrons. The van der Waals surface area contributed by atoms with E-state index >= 15 is 0 Å². The average Bonchev–Trinajstić information content (AvgIpc) is 2.81. The minimum atomic E-state index is -2.99. The lowest BCUT2D eigenvalue weighted by atomic mass is 10.2. The lowest BCUT2D eigenvalue weighted by Crippen LogP contribution is -2.31. The quantitative estimate of drug-likeness (QED) is 0.679. The van der Waals surface area contributed by atoms with Gasteiger partial charge in [0.15, 0.2) is 0 Å². The summed E-state index contributed by atoms with van der Waals surface area (Å²) in [7, 11) is -4.07. The van der Waals surface area contributed by atoms with E-state index in [2.05, 4.69) is 0 Å². The highest BCUT2D eigenvalue weighted by Gasteiger charge is 2.29. The molecule has 84 valence electrons. The Morgan fingerprint density at radius 1 is 1.50 bits per heavy atom. The van der Waals surface area contributed by atoms with Crippen molar-refractivity contribution in [3.8, 4) is 0 Å². The molecule has 4 nitrogen and oxygen atoms in total. The lowest BCUT2D eigenvalue weighted by Gasteiger charge is -2.08. The maximum absolute atomic E-state index is 11.4. The van der Waals surface area contributed by atoms with Gasteiger partial charge in [0.1, 0.15) is 9.84 Å². The van der Waals surface area contributed by atoms with Crippen LogP contribution in [0.1, 0.15) is 12.8 Å². The normalized spacial score (nSPS) is 21.9. The molecule has 2 atom stereocenters. The van der Waals surface area contributed by atoms with E-state index in [1.807, 2.05) is 0 Å². The van der Waals surface area contributed by atoms with Crippen LogP contribution in [0.15, 0.2) is 0 Å². The second-order valence-corrected chi connectivity index (χ2v) is 7.82. The maximum Gasteiger partial charge on any atom is 0.148 e. The fourth-order valence-electron chi connectivity index (χ4n) is 1.20. The van der Waals surface area contributed by atoms with Gasteiger partial charge >= 0.3 is 0 Å². The molecule has 0 aromatic heterocycles. The van der Waals surface area contributed by atoms with Crippen LogP contribution in [0.4, 0.5) is 0 Å². The standard InChI is InChI=1S/C8H17NO3S2/c1-14(11,12)5-4-13(10)6-8(9)7-2-3-7/h7-8H,2-6,9H2,1H3. The molecule has 0 aromatic rings. The van der Waals surface area contributed by atoms with Gasteiger partial charge in [-0.2, -0.15) is 0 Å². The van der Waals surface area contributed by atoms with E-state index in [4.69, 9.17) is 5.73 Å². The van der Waals surface area contributed by atoms with E-state index in [-0.39, 0.29) is 17.5 Å². The van der Waals surface area contributed by atoms with Gasteiger partial charge in [0.25, 0.3) is 0 Å². The van der Waals surface area contributed by atoms with Gasteiger partial charge in [0, 0.05) is 34.6 Å². The summed E-state index contributed by atoms with van der Waals surface area (Å²) < 4.78 is 33.0. The van der Waals surface area contributed by atoms with Crippen LogP contribution < -0.4 is 5.73 Å². The van der Waals surface area contributed by atoms with Crippen molar-refractivity contribution in [3.63, 3.8) is 0 Å². The molecule has 0 aliphatic heterocycles. The molecule has 0 spiro atoms. The zero-order valence-corrected chi connectivity index (χ0v) is 9.94. The Bertz CT molecular complexity index is 309. The van der Waals surface area contributed by atoms with Crippen molar-refractivity contribution in [1.29, 1.82) is 0 Å². The highest BCUT2D eigenvalue weighted by Crippen LogP contribution is 2.31. The summed E-state index contributed by atoms with van der Waals surface area (Å²) in [5.74, 6) is 1.19. The molecule has 1 rings (SSSR count). The molecular weight excluding hydrogens is 222 g/mol. The van der Waals surface area contributed by atoms with Gasteiger partial charge in [-0.1, -0.05) is 0 Å². The first-order valence-electron chi connectivity index (χ1n) is 4.67. The molecular formula is C8H17NO3S2. The van der Waals surface area contributed by atoms with Crippen LogP contribution >= 0.6 is 0 Å². The summed E-state index contributed by atoms with van der Waals surface area (Å²) in [6.07, 6.45) is 3.42. The van der Waals surface area contributed by atoms with Gasteiger partial charge < -0.3 is 5.73 Å². The molecule has 2 N–H and O–H groups in total. The summed E-state index contributed by atoms with van der Waals surface area (Å²) in [5, 5.41) is 0. The van der Waals surface area contributed by atoms with E-state index in [9.17, 15) is 12.6 Å². The molecule has 0 heterocycles. The fourth-order valence-corrected chi connectivity index (χ4v) is 4.03. The molecule has 1 aliphatic rings. The predicted octanol–water partition coefficient (Wildman–Crippen LogP) is -0.483. The van der Waals surface area contributed by atoms with E-state index < -0.39 is 20.6 Å². The third-order valence-corrected chi connectivity index (χ3v) is 4.91. The number of nitrogens with two attached hydrogens (primary N) is 1. The van der Waals surface area contributed by atoms with Crippen LogP contribution in [0.5, 0.6) is 0 Å². The molecule has 2 unspecified atom stereocenters. The van der Waals surface area contributed by atoms with Crippen molar-refractivity contribution in [2.75, 3.05) is 23.5 Å². The predicted molar refractivity (Wildman–Crippen MR) is 58.3 cm³/mol. The molecule has 1 saturated carbocycles. The molecule has 0 amide bonds. The minimum Gasteiger partial charge on any atom is -0.327 e. The zero-order valence-electron chi connectivity index (χ0n) is 8.31. The van der Waals surface area contributed by atoms with E-state index in [1.165, 1.54) is 0 Å². The fraction of sp³-hybridized carbons (Fsp3) is 1.00. The van der Waals surface area contributed by atoms with Crippen molar-refractivity contribution in [2.45, 2.75) is 18.9 Å². The van der Waals surface area contributed by atoms with Gasteiger partial charge in [0.2, 0.25) is 0 Å². The molecule has 0 saturated heterocycles. The summed E-state index contributed by atoms with van der Waals surface area (Å²) in [4.78, 5) is 0. The van der Waals surface area contributed by atoms with E-state index in [0.717, 1.165) is 19.1 Å². The smallest absolute Gasteiger partial charge is 0.148 e. The van der Waals surface area contributed by atoms with Crippen molar-refractivity contribution >= 4 is 20.6 Å². The van der Waals surface area contributed by atoms with E-state index in [0.29, 0.717) is 11.7 Å². The number of hydrogen-bond acceptors (Lipinski definition) is 4. The van der Waals surface area contributed by atoms with Gasteiger partial charge in [0.05, 0.1) is 5.75 Å². The topological polar surface area (TPSA) is 77.2 Å². The van der Waals surface area contributed by atoms with Gasteiger partial charge in [-0.15, -0.1) is 0 Å². The Morgan fingerprint density at radius 2 is 2.07 bits per heavy atom. The van der Waals surface area contributed by atoms with Crippen LogP contribution in [0.3, 0.4) is 0 Å². The third kappa shape index (κ3) is 5.07. The minimum absolute atomic E-state index is 0.00298. The average molecular weight is 239 g/mol. The zero-order chi connectivity index (χ0) is 10.8. The Hall–Kier alpha value is 0.0600. The van der Waals surface area contributed by atoms with Crippen LogP contribution in [0.25, 0.3) is 0 Å². The number of hydrogen-bond donors (Lipinski definition) is 1. The Morgan fingerprint density at radius 3 is 2.50 bits per heavy atom. The van der Waals surface area contributed by atoms with Crippen LogP contribution in [0.2, 0.25) is 0 Å². The lowest BCUT2D eigenvalue weighted by molar-refractivity contribution is 0.602. The molecule has 0 bridgehead atoms. The van der Waals surface area contributed by atoms with Gasteiger partial charge in [-0.05, 0) is 18.8 Å². The van der Waals surface area contributed by atoms with E-state index in [1.54, 1.807) is 0 Å². The first-order valence-corrected chi connectivity index (χ1v) is 8.21. The first kappa shape index (κ1) is 12.1. The Labute approximate surface area is 87.6 Å². The number of sulfone groups is 1. The molecule has 14 heavy (non-hydrogen) atoms. The van der Waals surface area contributed by atoms with Gasteiger partial charge in [-0.25, -0.2) is 8.42 Å². The molecule has 1 fully saturated rings. The van der Waals surface area contributed by atoms with Crippen molar-refractivity contribution < 1.29 is 12.6 Å². The Balaban J connectivity index is 2.21. The van der Waals surface area contributed by atoms with Crippen LogP contribution in [-0.2, 0) is 20.6 Å². The summed E-state index contributed by atoms with van der Waals surface area (Å²) in [5.41, 5.74) is 5.78. The first-order chi connectivity index (χ1) is 6.38. The monoisotopic (exact) mass is 239 g/mol. The van der Waals surface area contributed by atoms with Crippen LogP contribution in [-0.4, -0.2) is 42.2 Å². The van der Waals surface area contributed by atoms with Gasteiger partial charge in [-0.3, -0.25) is 4.21 Å².